The maximum Gasteiger partial charge on any atom is 0.344 e. The van der Waals surface area contributed by atoms with Gasteiger partial charge in [0.15, 0.2) is 6.61 Å². The van der Waals surface area contributed by atoms with Gasteiger partial charge in [-0.3, -0.25) is 0 Å². The standard InChI is InChI=1S/C21H20O5/c1-3-16-17-11-10-15(25-13-19(22)24-4-2)12-18(17)26-21(23)20(16)14-8-6-5-7-9-14/h5-12H,3-4,13H2,1-2H3. The second kappa shape index (κ2) is 7.87. The molecule has 3 rings (SSSR count). The third-order valence-corrected chi connectivity index (χ3v) is 4.06. The molecule has 0 spiro atoms. The zero-order chi connectivity index (χ0) is 18.5. The van der Waals surface area contributed by atoms with Crippen LogP contribution in [0, 0.1) is 0 Å². The molecule has 0 aliphatic carbocycles. The minimum absolute atomic E-state index is 0.188. The highest BCUT2D eigenvalue weighted by atomic mass is 16.6. The Bertz CT molecular complexity index is 973. The highest BCUT2D eigenvalue weighted by molar-refractivity contribution is 5.87. The minimum atomic E-state index is -0.442. The van der Waals surface area contributed by atoms with Crippen LogP contribution >= 0.6 is 0 Å². The Hall–Kier alpha value is -3.08. The van der Waals surface area contributed by atoms with Crippen molar-refractivity contribution in [2.75, 3.05) is 13.2 Å². The molecular formula is C21H20O5. The van der Waals surface area contributed by atoms with Crippen molar-refractivity contribution >= 4 is 16.9 Å². The molecule has 0 amide bonds. The second-order valence-corrected chi connectivity index (χ2v) is 5.71. The molecule has 1 aromatic heterocycles. The molecule has 3 aromatic rings. The average Bonchev–Trinajstić information content (AvgIpc) is 2.66. The van der Waals surface area contributed by atoms with Gasteiger partial charge >= 0.3 is 11.6 Å². The minimum Gasteiger partial charge on any atom is -0.482 e. The summed E-state index contributed by atoms with van der Waals surface area (Å²) in [5.74, 6) is 0.00550. The quantitative estimate of drug-likeness (QED) is 0.496. The van der Waals surface area contributed by atoms with E-state index in [9.17, 15) is 9.59 Å². The first-order valence-corrected chi connectivity index (χ1v) is 8.57. The first-order valence-electron chi connectivity index (χ1n) is 8.57. The molecule has 5 heteroatoms. The molecule has 26 heavy (non-hydrogen) atoms. The van der Waals surface area contributed by atoms with Gasteiger partial charge in [0, 0.05) is 11.5 Å². The van der Waals surface area contributed by atoms with E-state index >= 15 is 0 Å². The maximum atomic E-state index is 12.6. The van der Waals surface area contributed by atoms with E-state index in [0.717, 1.165) is 16.5 Å². The fourth-order valence-electron chi connectivity index (χ4n) is 2.94. The first-order chi connectivity index (χ1) is 12.6. The van der Waals surface area contributed by atoms with Crippen LogP contribution in [-0.2, 0) is 16.0 Å². The van der Waals surface area contributed by atoms with Gasteiger partial charge in [-0.2, -0.15) is 0 Å². The van der Waals surface area contributed by atoms with Crippen molar-refractivity contribution in [2.24, 2.45) is 0 Å². The number of carbonyl (C=O) groups excluding carboxylic acids is 1. The lowest BCUT2D eigenvalue weighted by Crippen LogP contribution is -2.14. The van der Waals surface area contributed by atoms with Crippen molar-refractivity contribution in [1.29, 1.82) is 0 Å². The van der Waals surface area contributed by atoms with Crippen LogP contribution in [0.1, 0.15) is 19.4 Å². The predicted octanol–water partition coefficient (Wildman–Crippen LogP) is 3.96. The van der Waals surface area contributed by atoms with E-state index in [1.54, 1.807) is 19.1 Å². The zero-order valence-electron chi connectivity index (χ0n) is 14.8. The molecule has 0 N–H and O–H groups in total. The summed E-state index contributed by atoms with van der Waals surface area (Å²) < 4.78 is 15.8. The van der Waals surface area contributed by atoms with E-state index in [-0.39, 0.29) is 12.2 Å². The van der Waals surface area contributed by atoms with Crippen LogP contribution in [0.2, 0.25) is 0 Å². The number of benzene rings is 2. The summed E-state index contributed by atoms with van der Waals surface area (Å²) in [6.07, 6.45) is 0.690. The Kier molecular flexibility index (Phi) is 5.37. The van der Waals surface area contributed by atoms with Gasteiger partial charge < -0.3 is 13.9 Å². The molecule has 134 valence electrons. The average molecular weight is 352 g/mol. The van der Waals surface area contributed by atoms with E-state index in [4.69, 9.17) is 13.9 Å². The molecule has 0 saturated heterocycles. The lowest BCUT2D eigenvalue weighted by molar-refractivity contribution is -0.145. The van der Waals surface area contributed by atoms with Crippen molar-refractivity contribution in [2.45, 2.75) is 20.3 Å². The molecular weight excluding hydrogens is 332 g/mol. The SMILES string of the molecule is CCOC(=O)COc1ccc2c(CC)c(-c3ccccc3)c(=O)oc2c1. The van der Waals surface area contributed by atoms with Crippen LogP contribution in [0.5, 0.6) is 5.75 Å². The van der Waals surface area contributed by atoms with Crippen LogP contribution in [0.15, 0.2) is 57.7 Å². The highest BCUT2D eigenvalue weighted by Crippen LogP contribution is 2.29. The number of rotatable bonds is 6. The van der Waals surface area contributed by atoms with Crippen LogP contribution in [0.3, 0.4) is 0 Å². The number of hydrogen-bond donors (Lipinski definition) is 0. The lowest BCUT2D eigenvalue weighted by atomic mass is 9.97. The lowest BCUT2D eigenvalue weighted by Gasteiger charge is -2.11. The molecule has 0 atom stereocenters. The van der Waals surface area contributed by atoms with Crippen LogP contribution in [0.25, 0.3) is 22.1 Å². The number of aryl methyl sites for hydroxylation is 1. The van der Waals surface area contributed by atoms with Gasteiger partial charge in [-0.05, 0) is 36.6 Å². The second-order valence-electron chi connectivity index (χ2n) is 5.71. The number of carbonyl (C=O) groups is 1. The van der Waals surface area contributed by atoms with Gasteiger partial charge in [0.2, 0.25) is 0 Å². The Morgan fingerprint density at radius 2 is 1.85 bits per heavy atom. The maximum absolute atomic E-state index is 12.6. The van der Waals surface area contributed by atoms with E-state index in [1.807, 2.05) is 43.3 Å². The van der Waals surface area contributed by atoms with Gasteiger partial charge in [-0.1, -0.05) is 37.3 Å². The van der Waals surface area contributed by atoms with E-state index in [1.165, 1.54) is 0 Å². The van der Waals surface area contributed by atoms with Crippen molar-refractivity contribution < 1.29 is 18.7 Å². The van der Waals surface area contributed by atoms with E-state index in [0.29, 0.717) is 29.9 Å². The summed E-state index contributed by atoms with van der Waals surface area (Å²) in [6.45, 7) is 3.86. The van der Waals surface area contributed by atoms with Gasteiger partial charge in [-0.25, -0.2) is 9.59 Å². The number of hydrogen-bond acceptors (Lipinski definition) is 5. The van der Waals surface area contributed by atoms with Crippen LogP contribution < -0.4 is 10.4 Å². The summed E-state index contributed by atoms with van der Waals surface area (Å²) in [5, 5.41) is 0.856. The van der Waals surface area contributed by atoms with Gasteiger partial charge in [0.25, 0.3) is 0 Å². The Morgan fingerprint density at radius 1 is 1.08 bits per heavy atom. The largest absolute Gasteiger partial charge is 0.482 e. The first kappa shape index (κ1) is 17.7. The summed E-state index contributed by atoms with van der Waals surface area (Å²) in [4.78, 5) is 24.0. The topological polar surface area (TPSA) is 65.7 Å². The zero-order valence-corrected chi connectivity index (χ0v) is 14.8. The monoisotopic (exact) mass is 352 g/mol. The van der Waals surface area contributed by atoms with Crippen LogP contribution in [-0.4, -0.2) is 19.2 Å². The molecule has 5 nitrogen and oxygen atoms in total. The Morgan fingerprint density at radius 3 is 2.54 bits per heavy atom. The third kappa shape index (κ3) is 3.61. The molecule has 2 aromatic carbocycles. The van der Waals surface area contributed by atoms with Crippen LogP contribution in [0.4, 0.5) is 0 Å². The Balaban J connectivity index is 2.02. The number of fused-ring (bicyclic) bond motifs is 1. The van der Waals surface area contributed by atoms with Gasteiger partial charge in [-0.15, -0.1) is 0 Å². The fourth-order valence-corrected chi connectivity index (χ4v) is 2.94. The fraction of sp³-hybridized carbons (Fsp3) is 0.238. The molecule has 0 aliphatic rings. The highest BCUT2D eigenvalue weighted by Gasteiger charge is 2.15. The van der Waals surface area contributed by atoms with E-state index < -0.39 is 5.97 Å². The van der Waals surface area contributed by atoms with Gasteiger partial charge in [0.1, 0.15) is 11.3 Å². The van der Waals surface area contributed by atoms with Crippen molar-refractivity contribution in [3.05, 3.63) is 64.5 Å². The van der Waals surface area contributed by atoms with Crippen molar-refractivity contribution in [3.63, 3.8) is 0 Å². The third-order valence-electron chi connectivity index (χ3n) is 4.06. The number of esters is 1. The smallest absolute Gasteiger partial charge is 0.344 e. The molecule has 0 unspecified atom stereocenters. The van der Waals surface area contributed by atoms with Crippen molar-refractivity contribution in [3.8, 4) is 16.9 Å². The molecule has 0 fully saturated rings. The van der Waals surface area contributed by atoms with Crippen molar-refractivity contribution in [1.82, 2.24) is 0 Å². The van der Waals surface area contributed by atoms with E-state index in [2.05, 4.69) is 0 Å². The van der Waals surface area contributed by atoms with Gasteiger partial charge in [0.05, 0.1) is 12.2 Å². The summed E-state index contributed by atoms with van der Waals surface area (Å²) >= 11 is 0. The summed E-state index contributed by atoms with van der Waals surface area (Å²) in [6, 6.07) is 14.7. The number of ether oxygens (including phenoxy) is 2. The summed E-state index contributed by atoms with van der Waals surface area (Å²) in [7, 11) is 0. The molecule has 0 bridgehead atoms. The molecule has 0 saturated carbocycles. The predicted molar refractivity (Wildman–Crippen MR) is 99.4 cm³/mol. The molecule has 1 heterocycles. The summed E-state index contributed by atoms with van der Waals surface area (Å²) in [5.41, 5.74) is 2.40. The molecule has 0 aliphatic heterocycles. The Labute approximate surface area is 151 Å². The molecule has 0 radical (unpaired) electrons. The normalized spacial score (nSPS) is 10.7.